The lowest BCUT2D eigenvalue weighted by Gasteiger charge is -2.22. The van der Waals surface area contributed by atoms with Gasteiger partial charge in [0.2, 0.25) is 5.13 Å². The molecule has 8 nitrogen and oxygen atoms in total. The topological polar surface area (TPSA) is 102 Å². The molecular formula is C37H32ClN3O5S2. The second-order valence-electron chi connectivity index (χ2n) is 11.2. The van der Waals surface area contributed by atoms with E-state index in [-0.39, 0.29) is 16.5 Å². The fraction of sp³-hybridized carbons (Fsp3) is 0.189. The van der Waals surface area contributed by atoms with Gasteiger partial charge in [-0.15, -0.1) is 10.2 Å². The number of aliphatic hydroxyl groups is 1. The Bertz CT molecular complexity index is 1940. The van der Waals surface area contributed by atoms with Crippen molar-refractivity contribution in [2.24, 2.45) is 0 Å². The molecule has 1 amide bonds. The maximum atomic E-state index is 13.7. The molecule has 1 saturated heterocycles. The number of benzene rings is 4. The molecule has 5 aromatic rings. The number of aromatic nitrogens is 2. The number of anilines is 1. The largest absolute Gasteiger partial charge is 0.507 e. The molecule has 244 valence electrons. The number of ketones is 1. The molecule has 0 spiro atoms. The van der Waals surface area contributed by atoms with E-state index in [2.05, 4.69) is 16.3 Å². The summed E-state index contributed by atoms with van der Waals surface area (Å²) in [5, 5.41) is 21.1. The third kappa shape index (κ3) is 7.57. The van der Waals surface area contributed by atoms with E-state index in [0.29, 0.717) is 51.0 Å². The maximum absolute atomic E-state index is 13.7. The second-order valence-corrected chi connectivity index (χ2v) is 13.8. The molecule has 11 heteroatoms. The molecule has 48 heavy (non-hydrogen) atoms. The van der Waals surface area contributed by atoms with Gasteiger partial charge in [-0.3, -0.25) is 14.5 Å². The summed E-state index contributed by atoms with van der Waals surface area (Å²) in [6.07, 6.45) is 0.854. The van der Waals surface area contributed by atoms with Crippen molar-refractivity contribution in [2.75, 3.05) is 11.5 Å². The van der Waals surface area contributed by atoms with Crippen LogP contribution >= 0.6 is 34.7 Å². The van der Waals surface area contributed by atoms with Gasteiger partial charge < -0.3 is 14.6 Å². The number of hydrogen-bond donors (Lipinski definition) is 1. The Kier molecular flexibility index (Phi) is 10.4. The number of rotatable bonds is 12. The summed E-state index contributed by atoms with van der Waals surface area (Å²) in [6, 6.07) is 28.6. The number of nitrogens with zero attached hydrogens (tertiary/aromatic N) is 3. The van der Waals surface area contributed by atoms with Crippen LogP contribution in [0, 0.1) is 6.92 Å². The summed E-state index contributed by atoms with van der Waals surface area (Å²) in [5.74, 6) is -0.0107. The zero-order chi connectivity index (χ0) is 33.6. The van der Waals surface area contributed by atoms with Gasteiger partial charge in [0, 0.05) is 16.3 Å². The van der Waals surface area contributed by atoms with E-state index in [9.17, 15) is 14.7 Å². The Morgan fingerprint density at radius 1 is 0.917 bits per heavy atom. The summed E-state index contributed by atoms with van der Waals surface area (Å²) in [7, 11) is 0. The van der Waals surface area contributed by atoms with Crippen molar-refractivity contribution in [1.82, 2.24) is 10.2 Å². The first-order chi connectivity index (χ1) is 23.3. The lowest BCUT2D eigenvalue weighted by atomic mass is 9.95. The Hall–Kier alpha value is -4.64. The Labute approximate surface area is 292 Å². The van der Waals surface area contributed by atoms with Gasteiger partial charge in [-0.25, -0.2) is 0 Å². The summed E-state index contributed by atoms with van der Waals surface area (Å²) in [4.78, 5) is 28.7. The van der Waals surface area contributed by atoms with E-state index >= 15 is 0 Å². The number of aryl methyl sites for hydroxylation is 1. The summed E-state index contributed by atoms with van der Waals surface area (Å²) < 4.78 is 12.3. The highest BCUT2D eigenvalue weighted by Gasteiger charge is 2.48. The van der Waals surface area contributed by atoms with Crippen molar-refractivity contribution in [3.05, 3.63) is 135 Å². The van der Waals surface area contributed by atoms with Gasteiger partial charge in [-0.05, 0) is 78.6 Å². The van der Waals surface area contributed by atoms with Crippen molar-refractivity contribution < 1.29 is 24.2 Å². The van der Waals surface area contributed by atoms with E-state index in [1.54, 1.807) is 48.5 Å². The first-order valence-corrected chi connectivity index (χ1v) is 17.5. The minimum absolute atomic E-state index is 0.0405. The number of aliphatic hydroxyl groups excluding tert-OH is 1. The molecule has 4 aromatic carbocycles. The number of carbonyl (C=O) groups is 2. The van der Waals surface area contributed by atoms with Crippen LogP contribution in [0.4, 0.5) is 5.13 Å². The molecule has 1 fully saturated rings. The summed E-state index contributed by atoms with van der Waals surface area (Å²) in [5.41, 5.74) is 4.19. The zero-order valence-corrected chi connectivity index (χ0v) is 28.6. The predicted molar refractivity (Wildman–Crippen MR) is 190 cm³/mol. The lowest BCUT2D eigenvalue weighted by Crippen LogP contribution is -2.29. The number of hydrogen-bond acceptors (Lipinski definition) is 9. The quantitative estimate of drug-likeness (QED) is 0.0454. The van der Waals surface area contributed by atoms with Crippen LogP contribution in [0.25, 0.3) is 5.76 Å². The van der Waals surface area contributed by atoms with E-state index in [0.717, 1.165) is 23.1 Å². The molecular weight excluding hydrogens is 666 g/mol. The van der Waals surface area contributed by atoms with E-state index in [4.69, 9.17) is 21.1 Å². The third-order valence-electron chi connectivity index (χ3n) is 7.61. The highest BCUT2D eigenvalue weighted by Crippen LogP contribution is 2.44. The zero-order valence-electron chi connectivity index (χ0n) is 26.3. The minimum Gasteiger partial charge on any atom is -0.507 e. The molecule has 0 aliphatic carbocycles. The van der Waals surface area contributed by atoms with Crippen LogP contribution < -0.4 is 14.4 Å². The Balaban J connectivity index is 1.30. The molecule has 1 unspecified atom stereocenters. The van der Waals surface area contributed by atoms with Crippen LogP contribution in [0.1, 0.15) is 47.2 Å². The number of halogens is 1. The number of amides is 1. The lowest BCUT2D eigenvalue weighted by molar-refractivity contribution is -0.132. The molecule has 1 aliphatic heterocycles. The fourth-order valence-corrected chi connectivity index (χ4v) is 7.18. The highest BCUT2D eigenvalue weighted by atomic mass is 35.5. The first kappa shape index (κ1) is 33.3. The third-order valence-corrected chi connectivity index (χ3v) is 9.99. The SMILES string of the molecule is CCCOc1ccc(C2C(=C(O)c3ccc(OCc4cccc(C)c4)cc3)C(=O)C(=O)N2c2nnc(SCc3ccc(Cl)cc3)s2)cc1. The highest BCUT2D eigenvalue weighted by molar-refractivity contribution is 8.00. The van der Waals surface area contributed by atoms with Crippen molar-refractivity contribution in [1.29, 1.82) is 0 Å². The van der Waals surface area contributed by atoms with Crippen LogP contribution in [0.15, 0.2) is 107 Å². The Morgan fingerprint density at radius 3 is 2.33 bits per heavy atom. The Morgan fingerprint density at radius 2 is 1.62 bits per heavy atom. The summed E-state index contributed by atoms with van der Waals surface area (Å²) >= 11 is 8.69. The average molecular weight is 698 g/mol. The van der Waals surface area contributed by atoms with Gasteiger partial charge in [0.25, 0.3) is 5.78 Å². The van der Waals surface area contributed by atoms with Gasteiger partial charge >= 0.3 is 5.91 Å². The molecule has 1 N–H and O–H groups in total. The molecule has 0 bridgehead atoms. The monoisotopic (exact) mass is 697 g/mol. The van der Waals surface area contributed by atoms with Crippen molar-refractivity contribution in [3.63, 3.8) is 0 Å². The van der Waals surface area contributed by atoms with Gasteiger partial charge in [0.05, 0.1) is 18.2 Å². The van der Waals surface area contributed by atoms with Crippen LogP contribution in [-0.4, -0.2) is 33.6 Å². The van der Waals surface area contributed by atoms with Crippen LogP contribution in [0.2, 0.25) is 5.02 Å². The maximum Gasteiger partial charge on any atom is 0.301 e. The molecule has 1 aromatic heterocycles. The van der Waals surface area contributed by atoms with Crippen LogP contribution in [-0.2, 0) is 21.9 Å². The molecule has 1 atom stereocenters. The van der Waals surface area contributed by atoms with E-state index in [1.165, 1.54) is 28.0 Å². The van der Waals surface area contributed by atoms with Crippen molar-refractivity contribution in [2.45, 2.75) is 43.0 Å². The van der Waals surface area contributed by atoms with Gasteiger partial charge in [-0.1, -0.05) is 95.7 Å². The van der Waals surface area contributed by atoms with Gasteiger partial charge in [-0.2, -0.15) is 0 Å². The summed E-state index contributed by atoms with van der Waals surface area (Å²) in [6.45, 7) is 4.99. The molecule has 0 saturated carbocycles. The van der Waals surface area contributed by atoms with Crippen molar-refractivity contribution in [3.8, 4) is 11.5 Å². The van der Waals surface area contributed by atoms with E-state index < -0.39 is 17.7 Å². The molecule has 0 radical (unpaired) electrons. The standard InChI is InChI=1S/C37H32ClN3O5S2/c1-3-19-45-29-15-9-26(10-16-29)32-31(33(42)27-11-17-30(18-12-27)46-21-25-6-4-5-23(2)20-25)34(43)35(44)41(32)36-39-40-37(48-36)47-22-24-7-13-28(38)14-8-24/h4-18,20,32,42H,3,19,21-22H2,1-2H3. The van der Waals surface area contributed by atoms with Crippen LogP contribution in [0.3, 0.4) is 0 Å². The molecule has 6 rings (SSSR count). The molecule has 2 heterocycles. The van der Waals surface area contributed by atoms with Crippen LogP contribution in [0.5, 0.6) is 11.5 Å². The average Bonchev–Trinajstić information content (AvgIpc) is 3.67. The van der Waals surface area contributed by atoms with Crippen molar-refractivity contribution >= 4 is 57.3 Å². The number of ether oxygens (including phenoxy) is 2. The molecule has 1 aliphatic rings. The van der Waals surface area contributed by atoms with Gasteiger partial charge in [0.15, 0.2) is 4.34 Å². The predicted octanol–water partition coefficient (Wildman–Crippen LogP) is 8.79. The normalized spacial score (nSPS) is 15.6. The number of thioether (sulfide) groups is 1. The number of carbonyl (C=O) groups excluding carboxylic acids is 2. The van der Waals surface area contributed by atoms with E-state index in [1.807, 2.05) is 56.3 Å². The van der Waals surface area contributed by atoms with Gasteiger partial charge in [0.1, 0.15) is 23.9 Å². The smallest absolute Gasteiger partial charge is 0.301 e. The fourth-order valence-electron chi connectivity index (χ4n) is 5.23. The minimum atomic E-state index is -0.940. The second kappa shape index (κ2) is 15.1. The first-order valence-electron chi connectivity index (χ1n) is 15.3. The number of Topliss-reactive ketones (excluding diaryl/α,β-unsaturated/α-hetero) is 1.